The lowest BCUT2D eigenvalue weighted by Gasteiger charge is -2.19. The third-order valence-electron chi connectivity index (χ3n) is 3.16. The standard InChI is InChI=1S/C16H23N3S/c1-3-11-17-15(13-20-4-2)16-10-12-18-19(16)14-8-6-5-7-9-14/h5-10,12,15,17H,3-4,11,13H2,1-2H3. The Morgan fingerprint density at radius 3 is 2.70 bits per heavy atom. The summed E-state index contributed by atoms with van der Waals surface area (Å²) in [5.74, 6) is 2.22. The van der Waals surface area contributed by atoms with E-state index in [0.29, 0.717) is 6.04 Å². The van der Waals surface area contributed by atoms with Gasteiger partial charge in [-0.15, -0.1) is 0 Å². The van der Waals surface area contributed by atoms with E-state index in [4.69, 9.17) is 0 Å². The van der Waals surface area contributed by atoms with Crippen LogP contribution in [0.5, 0.6) is 0 Å². The number of nitrogens with zero attached hydrogens (tertiary/aromatic N) is 2. The molecule has 0 aliphatic rings. The molecule has 0 saturated heterocycles. The van der Waals surface area contributed by atoms with Crippen LogP contribution in [0.4, 0.5) is 0 Å². The van der Waals surface area contributed by atoms with Gasteiger partial charge >= 0.3 is 0 Å². The summed E-state index contributed by atoms with van der Waals surface area (Å²) in [5, 5.41) is 8.13. The van der Waals surface area contributed by atoms with Crippen LogP contribution in [0.25, 0.3) is 5.69 Å². The molecule has 0 radical (unpaired) electrons. The van der Waals surface area contributed by atoms with Gasteiger partial charge in [-0.2, -0.15) is 16.9 Å². The molecule has 1 unspecified atom stereocenters. The van der Waals surface area contributed by atoms with Crippen molar-refractivity contribution in [2.75, 3.05) is 18.1 Å². The molecule has 20 heavy (non-hydrogen) atoms. The first-order valence-corrected chi connectivity index (χ1v) is 8.42. The molecule has 0 aliphatic carbocycles. The van der Waals surface area contributed by atoms with E-state index in [1.165, 1.54) is 5.69 Å². The number of benzene rings is 1. The number of para-hydroxylation sites is 1. The van der Waals surface area contributed by atoms with E-state index < -0.39 is 0 Å². The highest BCUT2D eigenvalue weighted by atomic mass is 32.2. The highest BCUT2D eigenvalue weighted by Gasteiger charge is 2.16. The molecule has 2 rings (SSSR count). The Bertz CT molecular complexity index is 487. The molecule has 1 N–H and O–H groups in total. The zero-order valence-electron chi connectivity index (χ0n) is 12.2. The minimum Gasteiger partial charge on any atom is -0.308 e. The van der Waals surface area contributed by atoms with Crippen LogP contribution in [0.2, 0.25) is 0 Å². The summed E-state index contributed by atoms with van der Waals surface area (Å²) in [6.45, 7) is 5.44. The quantitative estimate of drug-likeness (QED) is 0.804. The van der Waals surface area contributed by atoms with E-state index in [0.717, 1.165) is 30.2 Å². The molecule has 0 aliphatic heterocycles. The Balaban J connectivity index is 2.22. The molecule has 1 aromatic heterocycles. The van der Waals surface area contributed by atoms with Gasteiger partial charge in [0.05, 0.1) is 17.4 Å². The maximum Gasteiger partial charge on any atom is 0.0649 e. The van der Waals surface area contributed by atoms with Crippen molar-refractivity contribution in [1.29, 1.82) is 0 Å². The molecule has 0 fully saturated rings. The largest absolute Gasteiger partial charge is 0.308 e. The van der Waals surface area contributed by atoms with Gasteiger partial charge in [0.2, 0.25) is 0 Å². The molecular formula is C16H23N3S. The highest BCUT2D eigenvalue weighted by molar-refractivity contribution is 7.99. The van der Waals surface area contributed by atoms with E-state index >= 15 is 0 Å². The fraction of sp³-hybridized carbons (Fsp3) is 0.438. The molecule has 4 heteroatoms. The number of nitrogens with one attached hydrogen (secondary N) is 1. The number of rotatable bonds is 8. The zero-order chi connectivity index (χ0) is 14.2. The monoisotopic (exact) mass is 289 g/mol. The molecule has 1 atom stereocenters. The summed E-state index contributed by atoms with van der Waals surface area (Å²) in [5.41, 5.74) is 2.36. The fourth-order valence-corrected chi connectivity index (χ4v) is 2.93. The van der Waals surface area contributed by atoms with E-state index in [9.17, 15) is 0 Å². The van der Waals surface area contributed by atoms with Crippen LogP contribution >= 0.6 is 11.8 Å². The minimum atomic E-state index is 0.350. The second-order valence-corrected chi connectivity index (χ2v) is 5.99. The van der Waals surface area contributed by atoms with Crippen molar-refractivity contribution in [3.05, 3.63) is 48.3 Å². The van der Waals surface area contributed by atoms with Crippen molar-refractivity contribution in [2.24, 2.45) is 0 Å². The molecule has 0 amide bonds. The smallest absolute Gasteiger partial charge is 0.0649 e. The predicted octanol–water partition coefficient (Wildman–Crippen LogP) is 3.67. The van der Waals surface area contributed by atoms with Crippen molar-refractivity contribution in [1.82, 2.24) is 15.1 Å². The summed E-state index contributed by atoms with van der Waals surface area (Å²) in [6, 6.07) is 12.8. The molecule has 1 aromatic carbocycles. The van der Waals surface area contributed by atoms with Crippen LogP contribution < -0.4 is 5.32 Å². The topological polar surface area (TPSA) is 29.9 Å². The fourth-order valence-electron chi connectivity index (χ4n) is 2.17. The zero-order valence-corrected chi connectivity index (χ0v) is 13.1. The lowest BCUT2D eigenvalue weighted by Crippen LogP contribution is -2.26. The van der Waals surface area contributed by atoms with Gasteiger partial charge in [0, 0.05) is 11.9 Å². The lowest BCUT2D eigenvalue weighted by molar-refractivity contribution is 0.549. The average molecular weight is 289 g/mol. The molecule has 3 nitrogen and oxygen atoms in total. The Morgan fingerprint density at radius 2 is 2.00 bits per heavy atom. The van der Waals surface area contributed by atoms with Gasteiger partial charge < -0.3 is 5.32 Å². The first kappa shape index (κ1) is 15.1. The normalized spacial score (nSPS) is 12.5. The Hall–Kier alpha value is -1.26. The van der Waals surface area contributed by atoms with Crippen LogP contribution in [0.1, 0.15) is 32.0 Å². The lowest BCUT2D eigenvalue weighted by atomic mass is 10.2. The summed E-state index contributed by atoms with van der Waals surface area (Å²) >= 11 is 1.97. The number of aromatic nitrogens is 2. The minimum absolute atomic E-state index is 0.350. The Morgan fingerprint density at radius 1 is 1.20 bits per heavy atom. The van der Waals surface area contributed by atoms with Crippen LogP contribution in [0.3, 0.4) is 0 Å². The second kappa shape index (κ2) is 8.12. The summed E-state index contributed by atoms with van der Waals surface area (Å²) in [7, 11) is 0. The summed E-state index contributed by atoms with van der Waals surface area (Å²) in [4.78, 5) is 0. The molecule has 0 bridgehead atoms. The van der Waals surface area contributed by atoms with Crippen molar-refractivity contribution in [3.63, 3.8) is 0 Å². The number of thioether (sulfide) groups is 1. The molecule has 108 valence electrons. The Labute approximate surface area is 125 Å². The number of hydrogen-bond acceptors (Lipinski definition) is 3. The van der Waals surface area contributed by atoms with E-state index in [1.54, 1.807) is 0 Å². The molecule has 1 heterocycles. The maximum atomic E-state index is 4.49. The molecule has 0 spiro atoms. The third kappa shape index (κ3) is 3.87. The van der Waals surface area contributed by atoms with Crippen LogP contribution in [-0.2, 0) is 0 Å². The van der Waals surface area contributed by atoms with Gasteiger partial charge in [-0.3, -0.25) is 0 Å². The SMILES string of the molecule is CCCNC(CSCC)c1ccnn1-c1ccccc1. The highest BCUT2D eigenvalue weighted by Crippen LogP contribution is 2.21. The van der Waals surface area contributed by atoms with Crippen LogP contribution in [0.15, 0.2) is 42.6 Å². The van der Waals surface area contributed by atoms with Crippen LogP contribution in [0, 0.1) is 0 Å². The van der Waals surface area contributed by atoms with Gasteiger partial charge in [0.25, 0.3) is 0 Å². The van der Waals surface area contributed by atoms with Gasteiger partial charge in [-0.1, -0.05) is 32.0 Å². The van der Waals surface area contributed by atoms with Gasteiger partial charge in [0.1, 0.15) is 0 Å². The van der Waals surface area contributed by atoms with Crippen molar-refractivity contribution in [2.45, 2.75) is 26.3 Å². The summed E-state index contributed by atoms with van der Waals surface area (Å²) in [6.07, 6.45) is 3.03. The van der Waals surface area contributed by atoms with Crippen molar-refractivity contribution in [3.8, 4) is 5.69 Å². The second-order valence-electron chi connectivity index (χ2n) is 4.67. The first-order chi connectivity index (χ1) is 9.86. The molecule has 2 aromatic rings. The first-order valence-electron chi connectivity index (χ1n) is 7.27. The van der Waals surface area contributed by atoms with Crippen LogP contribution in [-0.4, -0.2) is 27.8 Å². The van der Waals surface area contributed by atoms with Gasteiger partial charge in [-0.25, -0.2) is 4.68 Å². The third-order valence-corrected chi connectivity index (χ3v) is 4.14. The predicted molar refractivity (Wildman–Crippen MR) is 87.6 cm³/mol. The average Bonchev–Trinajstić information content (AvgIpc) is 2.98. The van der Waals surface area contributed by atoms with Gasteiger partial charge in [0.15, 0.2) is 0 Å². The van der Waals surface area contributed by atoms with E-state index in [1.807, 2.05) is 28.7 Å². The number of hydrogen-bond donors (Lipinski definition) is 1. The summed E-state index contributed by atoms with van der Waals surface area (Å²) < 4.78 is 2.05. The maximum absolute atomic E-state index is 4.49. The van der Waals surface area contributed by atoms with E-state index in [-0.39, 0.29) is 0 Å². The van der Waals surface area contributed by atoms with Gasteiger partial charge in [-0.05, 0) is 36.9 Å². The Kier molecular flexibility index (Phi) is 6.15. The van der Waals surface area contributed by atoms with E-state index in [2.05, 4.69) is 54.6 Å². The molecular weight excluding hydrogens is 266 g/mol. The van der Waals surface area contributed by atoms with Crippen molar-refractivity contribution >= 4 is 11.8 Å². The molecule has 0 saturated carbocycles. The van der Waals surface area contributed by atoms with Crippen molar-refractivity contribution < 1.29 is 0 Å².